The fraction of sp³-hybridized carbons (Fsp3) is 0.258. The van der Waals surface area contributed by atoms with Gasteiger partial charge in [-0.15, -0.1) is 5.10 Å². The average Bonchev–Trinajstić information content (AvgIpc) is 3.31. The average molecular weight is 540 g/mol. The molecule has 0 spiro atoms. The predicted molar refractivity (Wildman–Crippen MR) is 157 cm³/mol. The topological polar surface area (TPSA) is 81.1 Å². The number of rotatable bonds is 8. The molecule has 5 rings (SSSR count). The van der Waals surface area contributed by atoms with Crippen LogP contribution in [0.2, 0.25) is 0 Å². The Balaban J connectivity index is 1.52. The molecule has 1 atom stereocenters. The zero-order valence-corrected chi connectivity index (χ0v) is 23.7. The molecule has 1 aliphatic heterocycles. The highest BCUT2D eigenvalue weighted by Crippen LogP contribution is 2.38. The molecule has 0 radical (unpaired) electrons. The number of hydrogen-bond donors (Lipinski definition) is 2. The third-order valence-electron chi connectivity index (χ3n) is 6.46. The van der Waals surface area contributed by atoms with Crippen molar-refractivity contribution in [2.45, 2.75) is 57.7 Å². The maximum absolute atomic E-state index is 13.9. The van der Waals surface area contributed by atoms with Gasteiger partial charge in [0.1, 0.15) is 11.8 Å². The van der Waals surface area contributed by atoms with Crippen molar-refractivity contribution in [3.05, 3.63) is 106 Å². The number of benzene rings is 3. The first kappa shape index (κ1) is 26.6. The second-order valence-electron chi connectivity index (χ2n) is 10.0. The van der Waals surface area contributed by atoms with Gasteiger partial charge in [0.2, 0.25) is 11.1 Å². The van der Waals surface area contributed by atoms with E-state index in [1.807, 2.05) is 93.9 Å². The van der Waals surface area contributed by atoms with Crippen molar-refractivity contribution in [2.24, 2.45) is 0 Å². The number of carbonyl (C=O) groups is 1. The monoisotopic (exact) mass is 539 g/mol. The lowest BCUT2D eigenvalue weighted by Crippen LogP contribution is -2.31. The second-order valence-corrected chi connectivity index (χ2v) is 11.0. The number of hydrogen-bond acceptors (Lipinski definition) is 6. The molecule has 1 unspecified atom stereocenters. The molecule has 4 aromatic rings. The van der Waals surface area contributed by atoms with Crippen LogP contribution < -0.4 is 15.4 Å². The largest absolute Gasteiger partial charge is 0.491 e. The maximum atomic E-state index is 13.9. The van der Waals surface area contributed by atoms with E-state index in [1.54, 1.807) is 11.8 Å². The number of nitrogens with zero attached hydrogens (tertiary/aromatic N) is 3. The van der Waals surface area contributed by atoms with Gasteiger partial charge in [0.05, 0.1) is 11.7 Å². The first-order chi connectivity index (χ1) is 18.8. The molecule has 8 heteroatoms. The van der Waals surface area contributed by atoms with Crippen LogP contribution in [0.1, 0.15) is 49.1 Å². The molecule has 1 aliphatic rings. The third kappa shape index (κ3) is 6.01. The zero-order chi connectivity index (χ0) is 27.5. The van der Waals surface area contributed by atoms with Crippen LogP contribution in [0, 0.1) is 13.8 Å². The zero-order valence-electron chi connectivity index (χ0n) is 22.9. The summed E-state index contributed by atoms with van der Waals surface area (Å²) in [5.74, 6) is 1.91. The van der Waals surface area contributed by atoms with Crippen molar-refractivity contribution in [3.63, 3.8) is 0 Å². The van der Waals surface area contributed by atoms with E-state index < -0.39 is 6.04 Å². The number of fused-ring (bicyclic) bond motifs is 1. The van der Waals surface area contributed by atoms with E-state index in [1.165, 1.54) is 5.56 Å². The summed E-state index contributed by atoms with van der Waals surface area (Å²) in [6.07, 6.45) is 0.0285. The highest BCUT2D eigenvalue weighted by atomic mass is 32.2. The molecular weight excluding hydrogens is 506 g/mol. The Morgan fingerprint density at radius 2 is 1.85 bits per heavy atom. The van der Waals surface area contributed by atoms with E-state index >= 15 is 0 Å². The smallest absolute Gasteiger partial charge is 0.255 e. The molecule has 3 aromatic carbocycles. The lowest BCUT2D eigenvalue weighted by molar-refractivity contribution is -0.113. The molecule has 7 nitrogen and oxygen atoms in total. The quantitative estimate of drug-likeness (QED) is 0.237. The van der Waals surface area contributed by atoms with Crippen LogP contribution in [-0.4, -0.2) is 26.8 Å². The number of allylic oxidation sites excluding steroid dienone is 1. The minimum absolute atomic E-state index is 0.0285. The molecule has 0 bridgehead atoms. The second kappa shape index (κ2) is 11.4. The molecule has 0 saturated carbocycles. The normalized spacial score (nSPS) is 14.7. The van der Waals surface area contributed by atoms with Crippen LogP contribution in [0.5, 0.6) is 5.75 Å². The van der Waals surface area contributed by atoms with Gasteiger partial charge in [0.25, 0.3) is 5.91 Å². The summed E-state index contributed by atoms with van der Waals surface area (Å²) in [5.41, 5.74) is 6.34. The summed E-state index contributed by atoms with van der Waals surface area (Å²) >= 11 is 1.57. The SMILES string of the molecule is CC1=C(C(=O)Nc2ccc(C)cc2C)C(c2cccc(OC(C)C)c2)n2nc(SCc3ccccc3)nc2N1. The highest BCUT2D eigenvalue weighted by Gasteiger charge is 2.35. The van der Waals surface area contributed by atoms with E-state index in [2.05, 4.69) is 28.8 Å². The number of thioether (sulfide) groups is 1. The summed E-state index contributed by atoms with van der Waals surface area (Å²) in [5, 5.41) is 12.0. The Kier molecular flexibility index (Phi) is 7.74. The number of ether oxygens (including phenoxy) is 1. The van der Waals surface area contributed by atoms with Gasteiger partial charge < -0.3 is 15.4 Å². The van der Waals surface area contributed by atoms with Crippen molar-refractivity contribution >= 4 is 29.3 Å². The lowest BCUT2D eigenvalue weighted by atomic mass is 9.94. The maximum Gasteiger partial charge on any atom is 0.255 e. The number of anilines is 2. The minimum atomic E-state index is -0.485. The van der Waals surface area contributed by atoms with Crippen LogP contribution in [-0.2, 0) is 10.5 Å². The predicted octanol–water partition coefficient (Wildman–Crippen LogP) is 6.90. The third-order valence-corrected chi connectivity index (χ3v) is 7.37. The number of aromatic nitrogens is 3. The van der Waals surface area contributed by atoms with E-state index in [4.69, 9.17) is 14.8 Å². The number of aryl methyl sites for hydroxylation is 2. The van der Waals surface area contributed by atoms with Gasteiger partial charge in [-0.1, -0.05) is 71.9 Å². The Hall–Kier alpha value is -4.04. The van der Waals surface area contributed by atoms with E-state index in [-0.39, 0.29) is 12.0 Å². The Bertz CT molecular complexity index is 1530. The molecule has 200 valence electrons. The summed E-state index contributed by atoms with van der Waals surface area (Å²) in [6.45, 7) is 9.94. The van der Waals surface area contributed by atoms with Gasteiger partial charge in [-0.25, -0.2) is 4.68 Å². The summed E-state index contributed by atoms with van der Waals surface area (Å²) in [4.78, 5) is 18.7. The number of amides is 1. The van der Waals surface area contributed by atoms with E-state index in [0.29, 0.717) is 16.7 Å². The first-order valence-electron chi connectivity index (χ1n) is 13.0. The van der Waals surface area contributed by atoms with Gasteiger partial charge >= 0.3 is 0 Å². The summed E-state index contributed by atoms with van der Waals surface area (Å²) < 4.78 is 7.80. The Morgan fingerprint density at radius 3 is 2.59 bits per heavy atom. The van der Waals surface area contributed by atoms with Gasteiger partial charge in [-0.2, -0.15) is 4.98 Å². The van der Waals surface area contributed by atoms with Crippen molar-refractivity contribution in [3.8, 4) is 5.75 Å². The molecule has 1 aromatic heterocycles. The molecule has 0 saturated heterocycles. The van der Waals surface area contributed by atoms with E-state index in [0.717, 1.165) is 39.6 Å². The summed E-state index contributed by atoms with van der Waals surface area (Å²) in [7, 11) is 0. The standard InChI is InChI=1S/C31H33N5O2S/c1-19(2)38-25-13-9-12-24(17-25)28-27(29(37)33-26-15-14-20(3)16-21(26)4)22(5)32-30-34-31(35-36(28)30)39-18-23-10-7-6-8-11-23/h6-17,19,28H,18H2,1-5H3,(H,33,37)(H,32,34,35). The Labute approximate surface area is 233 Å². The van der Waals surface area contributed by atoms with Gasteiger partial charge in [0.15, 0.2) is 0 Å². The van der Waals surface area contributed by atoms with Crippen molar-refractivity contribution in [1.29, 1.82) is 0 Å². The van der Waals surface area contributed by atoms with Crippen LogP contribution in [0.3, 0.4) is 0 Å². The Morgan fingerprint density at radius 1 is 1.05 bits per heavy atom. The fourth-order valence-corrected chi connectivity index (χ4v) is 5.48. The van der Waals surface area contributed by atoms with Gasteiger partial charge in [-0.05, 0) is 69.5 Å². The molecule has 0 fully saturated rings. The van der Waals surface area contributed by atoms with Crippen molar-refractivity contribution < 1.29 is 9.53 Å². The number of carbonyl (C=O) groups excluding carboxylic acids is 1. The van der Waals surface area contributed by atoms with Gasteiger partial charge in [0, 0.05) is 17.1 Å². The van der Waals surface area contributed by atoms with Crippen LogP contribution in [0.4, 0.5) is 11.6 Å². The number of nitrogens with one attached hydrogen (secondary N) is 2. The molecule has 1 amide bonds. The van der Waals surface area contributed by atoms with E-state index in [9.17, 15) is 4.79 Å². The first-order valence-corrected chi connectivity index (χ1v) is 14.0. The van der Waals surface area contributed by atoms with Gasteiger partial charge in [-0.3, -0.25) is 4.79 Å². The molecule has 2 heterocycles. The molecule has 0 aliphatic carbocycles. The van der Waals surface area contributed by atoms with Crippen LogP contribution in [0.15, 0.2) is 89.2 Å². The molecular formula is C31H33N5O2S. The van der Waals surface area contributed by atoms with Crippen LogP contribution in [0.25, 0.3) is 0 Å². The minimum Gasteiger partial charge on any atom is -0.491 e. The fourth-order valence-electron chi connectivity index (χ4n) is 4.69. The molecule has 39 heavy (non-hydrogen) atoms. The lowest BCUT2D eigenvalue weighted by Gasteiger charge is -2.29. The molecule has 2 N–H and O–H groups in total. The van der Waals surface area contributed by atoms with Crippen molar-refractivity contribution in [2.75, 3.05) is 10.6 Å². The van der Waals surface area contributed by atoms with Crippen molar-refractivity contribution in [1.82, 2.24) is 14.8 Å². The highest BCUT2D eigenvalue weighted by molar-refractivity contribution is 7.98. The summed E-state index contributed by atoms with van der Waals surface area (Å²) in [6, 6.07) is 23.6. The van der Waals surface area contributed by atoms with Crippen LogP contribution >= 0.6 is 11.8 Å².